The number of aromatic amines is 1. The van der Waals surface area contributed by atoms with Crippen LogP contribution in [0.3, 0.4) is 0 Å². The third-order valence-electron chi connectivity index (χ3n) is 3.85. The number of nitrogen functional groups attached to an aromatic ring is 1. The molecule has 4 atom stereocenters. The van der Waals surface area contributed by atoms with Gasteiger partial charge in [-0.05, 0) is 17.7 Å². The summed E-state index contributed by atoms with van der Waals surface area (Å²) in [7, 11) is 0. The topological polar surface area (TPSA) is 152 Å². The molecule has 1 saturated heterocycles. The van der Waals surface area contributed by atoms with Crippen molar-refractivity contribution in [2.24, 2.45) is 5.73 Å². The summed E-state index contributed by atoms with van der Waals surface area (Å²) in [5.41, 5.74) is 9.94. The standard InChI is InChI=1S/C13H14ClN5O4/c14-3-2-13(16)8(21)7(5-20)23-11(13)19-4-1-6-9(19)17-12(15)18-10(6)22/h1,4,7-8,11,20-21H,5,16H2,(H3,15,17,18,22)/t7?,8?,11-,13-/m1/s1. The van der Waals surface area contributed by atoms with Gasteiger partial charge in [-0.3, -0.25) is 9.78 Å². The summed E-state index contributed by atoms with van der Waals surface area (Å²) in [6.07, 6.45) is -1.76. The molecule has 0 spiro atoms. The first-order valence-electron chi connectivity index (χ1n) is 6.64. The zero-order valence-corrected chi connectivity index (χ0v) is 12.5. The van der Waals surface area contributed by atoms with Crippen LogP contribution in [-0.2, 0) is 4.74 Å². The molecule has 2 aromatic heterocycles. The number of H-pyrrole nitrogens is 1. The van der Waals surface area contributed by atoms with Crippen LogP contribution in [0.2, 0.25) is 0 Å². The van der Waals surface area contributed by atoms with Crippen molar-refractivity contribution in [1.82, 2.24) is 14.5 Å². The summed E-state index contributed by atoms with van der Waals surface area (Å²) in [5, 5.41) is 22.0. The van der Waals surface area contributed by atoms with Crippen LogP contribution in [0.4, 0.5) is 5.95 Å². The van der Waals surface area contributed by atoms with E-state index in [2.05, 4.69) is 21.3 Å². The van der Waals surface area contributed by atoms with Gasteiger partial charge in [-0.1, -0.05) is 5.92 Å². The largest absolute Gasteiger partial charge is 0.394 e. The molecule has 3 rings (SSSR count). The minimum atomic E-state index is -1.60. The molecule has 3 heterocycles. The minimum Gasteiger partial charge on any atom is -0.394 e. The number of fused-ring (bicyclic) bond motifs is 1. The Morgan fingerprint density at radius 3 is 3.00 bits per heavy atom. The molecular weight excluding hydrogens is 326 g/mol. The van der Waals surface area contributed by atoms with E-state index in [0.717, 1.165) is 0 Å². The summed E-state index contributed by atoms with van der Waals surface area (Å²) in [6, 6.07) is 1.51. The lowest BCUT2D eigenvalue weighted by molar-refractivity contribution is -0.0445. The Balaban J connectivity index is 2.20. The van der Waals surface area contributed by atoms with E-state index in [1.807, 2.05) is 0 Å². The van der Waals surface area contributed by atoms with Crippen molar-refractivity contribution in [2.45, 2.75) is 24.0 Å². The van der Waals surface area contributed by atoms with Crippen LogP contribution in [0.1, 0.15) is 6.23 Å². The maximum absolute atomic E-state index is 11.9. The molecule has 10 heteroatoms. The van der Waals surface area contributed by atoms with Gasteiger partial charge in [0.2, 0.25) is 5.95 Å². The number of ether oxygens (including phenoxy) is 1. The number of nitrogens with zero attached hydrogens (tertiary/aromatic N) is 2. The summed E-state index contributed by atoms with van der Waals surface area (Å²) >= 11 is 5.45. The average molecular weight is 340 g/mol. The number of hydrogen-bond donors (Lipinski definition) is 5. The fourth-order valence-corrected chi connectivity index (χ4v) is 2.88. The van der Waals surface area contributed by atoms with E-state index in [1.165, 1.54) is 16.8 Å². The Morgan fingerprint density at radius 2 is 2.35 bits per heavy atom. The fourth-order valence-electron chi connectivity index (χ4n) is 2.71. The lowest BCUT2D eigenvalue weighted by atomic mass is 9.92. The van der Waals surface area contributed by atoms with Gasteiger partial charge < -0.3 is 31.0 Å². The number of aliphatic hydroxyl groups is 2. The van der Waals surface area contributed by atoms with Crippen molar-refractivity contribution >= 4 is 28.6 Å². The van der Waals surface area contributed by atoms with E-state index in [9.17, 15) is 15.0 Å². The second-order valence-electron chi connectivity index (χ2n) is 5.22. The smallest absolute Gasteiger partial charge is 0.261 e. The van der Waals surface area contributed by atoms with Crippen molar-refractivity contribution in [3.63, 3.8) is 0 Å². The molecule has 0 radical (unpaired) electrons. The van der Waals surface area contributed by atoms with Crippen LogP contribution in [0.15, 0.2) is 17.1 Å². The summed E-state index contributed by atoms with van der Waals surface area (Å²) in [4.78, 5) is 18.3. The average Bonchev–Trinajstić information content (AvgIpc) is 3.01. The highest BCUT2D eigenvalue weighted by Gasteiger charge is 2.54. The maximum Gasteiger partial charge on any atom is 0.261 e. The molecule has 0 saturated carbocycles. The van der Waals surface area contributed by atoms with Gasteiger partial charge in [0, 0.05) is 11.6 Å². The lowest BCUT2D eigenvalue weighted by Crippen LogP contribution is -2.53. The van der Waals surface area contributed by atoms with Gasteiger partial charge in [-0.15, -0.1) is 0 Å². The molecule has 23 heavy (non-hydrogen) atoms. The molecule has 0 bridgehead atoms. The monoisotopic (exact) mass is 339 g/mol. The highest BCUT2D eigenvalue weighted by atomic mass is 35.5. The molecule has 0 aliphatic carbocycles. The maximum atomic E-state index is 11.9. The van der Waals surface area contributed by atoms with Crippen LogP contribution >= 0.6 is 11.6 Å². The van der Waals surface area contributed by atoms with Gasteiger partial charge in [0.25, 0.3) is 5.56 Å². The molecule has 0 amide bonds. The molecule has 2 unspecified atom stereocenters. The molecule has 2 aromatic rings. The van der Waals surface area contributed by atoms with Crippen LogP contribution in [0.25, 0.3) is 11.0 Å². The number of aromatic nitrogens is 3. The van der Waals surface area contributed by atoms with Crippen LogP contribution in [0.5, 0.6) is 0 Å². The van der Waals surface area contributed by atoms with Gasteiger partial charge in [0.1, 0.15) is 12.2 Å². The number of rotatable bonds is 2. The number of nitrogens with two attached hydrogens (primary N) is 2. The molecule has 0 aromatic carbocycles. The van der Waals surface area contributed by atoms with Gasteiger partial charge in [0.15, 0.2) is 17.4 Å². The molecule has 9 nitrogen and oxygen atoms in total. The highest BCUT2D eigenvalue weighted by Crippen LogP contribution is 2.37. The zero-order valence-electron chi connectivity index (χ0n) is 11.7. The fraction of sp³-hybridized carbons (Fsp3) is 0.385. The SMILES string of the molecule is Nc1nc2c(ccn2[C@@H]2OC(CO)C(O)[C@]2(N)C#CCl)c(=O)[nH]1. The molecular formula is C13H14ClN5O4. The van der Waals surface area contributed by atoms with E-state index in [-0.39, 0.29) is 17.0 Å². The number of aliphatic hydroxyl groups excluding tert-OH is 2. The van der Waals surface area contributed by atoms with Gasteiger partial charge >= 0.3 is 0 Å². The highest BCUT2D eigenvalue weighted by molar-refractivity contribution is 6.30. The van der Waals surface area contributed by atoms with Crippen LogP contribution < -0.4 is 17.0 Å². The molecule has 1 aliphatic heterocycles. The van der Waals surface area contributed by atoms with Crippen molar-refractivity contribution in [3.05, 3.63) is 22.6 Å². The van der Waals surface area contributed by atoms with Crippen molar-refractivity contribution in [3.8, 4) is 11.3 Å². The molecule has 122 valence electrons. The second kappa shape index (κ2) is 5.52. The lowest BCUT2D eigenvalue weighted by Gasteiger charge is -2.27. The van der Waals surface area contributed by atoms with E-state index >= 15 is 0 Å². The van der Waals surface area contributed by atoms with E-state index in [4.69, 9.17) is 27.8 Å². The van der Waals surface area contributed by atoms with Crippen molar-refractivity contribution in [1.29, 1.82) is 0 Å². The van der Waals surface area contributed by atoms with Crippen molar-refractivity contribution in [2.75, 3.05) is 12.3 Å². The van der Waals surface area contributed by atoms with Crippen LogP contribution in [-0.4, -0.2) is 49.1 Å². The van der Waals surface area contributed by atoms with Gasteiger partial charge in [-0.25, -0.2) is 0 Å². The summed E-state index contributed by atoms with van der Waals surface area (Å²) < 4.78 is 7.04. The molecule has 1 fully saturated rings. The van der Waals surface area contributed by atoms with Crippen molar-refractivity contribution < 1.29 is 14.9 Å². The third-order valence-corrected chi connectivity index (χ3v) is 3.94. The van der Waals surface area contributed by atoms with Gasteiger partial charge in [-0.2, -0.15) is 4.98 Å². The Labute approximate surface area is 134 Å². The minimum absolute atomic E-state index is 0.0780. The number of hydrogen-bond acceptors (Lipinski definition) is 7. The Kier molecular flexibility index (Phi) is 3.79. The first-order valence-corrected chi connectivity index (χ1v) is 7.02. The quantitative estimate of drug-likeness (QED) is 0.415. The number of nitrogens with one attached hydrogen (secondary N) is 1. The predicted molar refractivity (Wildman–Crippen MR) is 82.3 cm³/mol. The van der Waals surface area contributed by atoms with Crippen LogP contribution in [0, 0.1) is 11.3 Å². The first-order chi connectivity index (χ1) is 10.9. The van der Waals surface area contributed by atoms with E-state index in [1.54, 1.807) is 0 Å². The number of halogens is 1. The third kappa shape index (κ3) is 2.28. The van der Waals surface area contributed by atoms with E-state index < -0.39 is 36.1 Å². The Hall–Kier alpha value is -2.09. The zero-order chi connectivity index (χ0) is 16.8. The number of anilines is 1. The van der Waals surface area contributed by atoms with E-state index in [0.29, 0.717) is 0 Å². The molecule has 7 N–H and O–H groups in total. The predicted octanol–water partition coefficient (Wildman–Crippen LogP) is -1.55. The Morgan fingerprint density at radius 1 is 1.61 bits per heavy atom. The van der Waals surface area contributed by atoms with Gasteiger partial charge in [0.05, 0.1) is 12.0 Å². The molecule has 1 aliphatic rings. The summed E-state index contributed by atoms with van der Waals surface area (Å²) in [5.74, 6) is 2.43. The Bertz CT molecular complexity index is 869. The second-order valence-corrected chi connectivity index (χ2v) is 5.41. The normalized spacial score (nSPS) is 30.3. The summed E-state index contributed by atoms with van der Waals surface area (Å²) in [6.45, 7) is -0.462. The first kappa shape index (κ1) is 15.8.